The first-order valence-electron chi connectivity index (χ1n) is 9.26. The lowest BCUT2D eigenvalue weighted by Crippen LogP contribution is -2.34. The fraction of sp³-hybridized carbons (Fsp3) is 0.286. The zero-order valence-electron chi connectivity index (χ0n) is 17.6. The molecule has 2 aromatic carbocycles. The Kier molecular flexibility index (Phi) is 9.95. The van der Waals surface area contributed by atoms with Gasteiger partial charge in [0.15, 0.2) is 18.0 Å². The molecule has 2 atom stereocenters. The van der Waals surface area contributed by atoms with Crippen LogP contribution in [0, 0.1) is 0 Å². The summed E-state index contributed by atoms with van der Waals surface area (Å²) in [7, 11) is -2.95. The molecule has 32 heavy (non-hydrogen) atoms. The van der Waals surface area contributed by atoms with E-state index in [0.29, 0.717) is 0 Å². The Morgan fingerprint density at radius 1 is 1.00 bits per heavy atom. The van der Waals surface area contributed by atoms with Gasteiger partial charge in [-0.25, -0.2) is 4.79 Å². The van der Waals surface area contributed by atoms with Gasteiger partial charge < -0.3 is 19.0 Å². The molecule has 2 unspecified atom stereocenters. The summed E-state index contributed by atoms with van der Waals surface area (Å²) in [6, 6.07) is 13.6. The fourth-order valence-corrected chi connectivity index (χ4v) is 3.49. The lowest BCUT2D eigenvalue weighted by molar-refractivity contribution is -0.164. The first kappa shape index (κ1) is 26.7. The van der Waals surface area contributed by atoms with Gasteiger partial charge in [-0.15, -0.1) is 0 Å². The number of para-hydroxylation sites is 2. The van der Waals surface area contributed by atoms with Crippen LogP contribution in [0.4, 0.5) is 10.4 Å². The minimum absolute atomic E-state index is 0. The maximum Gasteiger partial charge on any atom is 0.341 e. The van der Waals surface area contributed by atoms with Gasteiger partial charge in [0, 0.05) is 7.11 Å². The summed E-state index contributed by atoms with van der Waals surface area (Å²) in [5, 5.41) is 2.43. The largest absolute Gasteiger partial charge is 0.452 e. The maximum atomic E-state index is 12.7. The van der Waals surface area contributed by atoms with E-state index in [1.807, 2.05) is 0 Å². The Labute approximate surface area is 185 Å². The quantitative estimate of drug-likeness (QED) is 0.416. The third-order valence-electron chi connectivity index (χ3n) is 4.15. The first-order chi connectivity index (χ1) is 14.6. The molecule has 0 bridgehead atoms. The van der Waals surface area contributed by atoms with Crippen LogP contribution in [-0.2, 0) is 34.0 Å². The van der Waals surface area contributed by atoms with E-state index in [2.05, 4.69) is 5.32 Å². The summed E-state index contributed by atoms with van der Waals surface area (Å²) in [4.78, 5) is 35.9. The maximum absolute atomic E-state index is 12.7. The van der Waals surface area contributed by atoms with Gasteiger partial charge in [0.25, 0.3) is 0 Å². The van der Waals surface area contributed by atoms with Crippen LogP contribution in [0.1, 0.15) is 20.3 Å². The van der Waals surface area contributed by atoms with E-state index in [1.165, 1.54) is 57.4 Å². The number of halogens is 1. The Morgan fingerprint density at radius 2 is 1.59 bits per heavy atom. The Hall–Kier alpha value is -3.31. The topological polar surface area (TPSA) is 125 Å². The van der Waals surface area contributed by atoms with Crippen LogP contribution in [0.25, 0.3) is 0 Å². The summed E-state index contributed by atoms with van der Waals surface area (Å²) < 4.78 is 40.3. The predicted molar refractivity (Wildman–Crippen MR) is 113 cm³/mol. The highest BCUT2D eigenvalue weighted by atomic mass is 32.2. The number of carbonyl (C=O) groups excluding carboxylic acids is 3. The molecule has 0 fully saturated rings. The Morgan fingerprint density at radius 3 is 2.19 bits per heavy atom. The minimum Gasteiger partial charge on any atom is -0.452 e. The smallest absolute Gasteiger partial charge is 0.341 e. The SMILES string of the molecule is COC(C)C(=O)OC(CC(=O)Nc1ccccc1S(=O)(=O)Oc1ccccc1)C(C)=O.F. The van der Waals surface area contributed by atoms with Crippen LogP contribution in [-0.4, -0.2) is 45.4 Å². The van der Waals surface area contributed by atoms with Gasteiger partial charge in [-0.3, -0.25) is 14.3 Å². The number of benzene rings is 2. The van der Waals surface area contributed by atoms with Crippen molar-refractivity contribution in [3.8, 4) is 5.75 Å². The van der Waals surface area contributed by atoms with Gasteiger partial charge in [0.1, 0.15) is 10.6 Å². The summed E-state index contributed by atoms with van der Waals surface area (Å²) >= 11 is 0. The molecule has 0 saturated heterocycles. The highest BCUT2D eigenvalue weighted by Crippen LogP contribution is 2.25. The van der Waals surface area contributed by atoms with E-state index in [9.17, 15) is 22.8 Å². The number of nitrogens with one attached hydrogen (secondary N) is 1. The van der Waals surface area contributed by atoms with Crippen LogP contribution in [0.15, 0.2) is 59.5 Å². The zero-order chi connectivity index (χ0) is 23.0. The molecule has 0 radical (unpaired) electrons. The molecule has 0 heterocycles. The van der Waals surface area contributed by atoms with Gasteiger partial charge >= 0.3 is 16.1 Å². The lowest BCUT2D eigenvalue weighted by Gasteiger charge is -2.18. The number of esters is 1. The number of rotatable bonds is 10. The monoisotopic (exact) mass is 469 g/mol. The van der Waals surface area contributed by atoms with Gasteiger partial charge in [-0.05, 0) is 38.1 Å². The van der Waals surface area contributed by atoms with Crippen LogP contribution < -0.4 is 9.50 Å². The van der Waals surface area contributed by atoms with Crippen molar-refractivity contribution >= 4 is 33.5 Å². The average molecular weight is 469 g/mol. The van der Waals surface area contributed by atoms with Crippen molar-refractivity contribution in [1.82, 2.24) is 0 Å². The number of carbonyl (C=O) groups is 3. The van der Waals surface area contributed by atoms with Crippen molar-refractivity contribution in [1.29, 1.82) is 0 Å². The number of ether oxygens (including phenoxy) is 2. The molecule has 11 heteroatoms. The van der Waals surface area contributed by atoms with E-state index in [0.717, 1.165) is 0 Å². The average Bonchev–Trinajstić information content (AvgIpc) is 2.73. The number of Topliss-reactive ketones (excluding diaryl/α,β-unsaturated/α-hetero) is 1. The fourth-order valence-electron chi connectivity index (χ4n) is 2.41. The molecule has 9 nitrogen and oxygen atoms in total. The van der Waals surface area contributed by atoms with E-state index < -0.39 is 46.4 Å². The van der Waals surface area contributed by atoms with E-state index in [1.54, 1.807) is 18.2 Å². The highest BCUT2D eigenvalue weighted by Gasteiger charge is 2.27. The van der Waals surface area contributed by atoms with Crippen molar-refractivity contribution < 1.29 is 41.2 Å². The van der Waals surface area contributed by atoms with Gasteiger partial charge in [-0.1, -0.05) is 30.3 Å². The molecule has 0 saturated carbocycles. The summed E-state index contributed by atoms with van der Waals surface area (Å²) in [5.41, 5.74) is -0.0395. The molecule has 0 aliphatic carbocycles. The van der Waals surface area contributed by atoms with Crippen molar-refractivity contribution in [2.24, 2.45) is 0 Å². The van der Waals surface area contributed by atoms with E-state index in [4.69, 9.17) is 13.7 Å². The molecular formula is C21H24FNO8S. The first-order valence-corrected chi connectivity index (χ1v) is 10.7. The Balaban J connectivity index is 0.00000512. The Bertz CT molecular complexity index is 1040. The van der Waals surface area contributed by atoms with Crippen LogP contribution in [0.2, 0.25) is 0 Å². The molecule has 0 aliphatic rings. The van der Waals surface area contributed by atoms with Crippen molar-refractivity contribution in [2.45, 2.75) is 37.4 Å². The molecule has 2 rings (SSSR count). The zero-order valence-corrected chi connectivity index (χ0v) is 18.5. The third kappa shape index (κ3) is 7.43. The minimum atomic E-state index is -4.25. The molecule has 0 aliphatic heterocycles. The molecule has 0 spiro atoms. The summed E-state index contributed by atoms with van der Waals surface area (Å²) in [5.74, 6) is -1.95. The molecule has 1 amide bonds. The molecule has 174 valence electrons. The number of hydrogen-bond donors (Lipinski definition) is 1. The second-order valence-corrected chi connectivity index (χ2v) is 8.03. The molecule has 0 aromatic heterocycles. The van der Waals surface area contributed by atoms with Gasteiger partial charge in [0.2, 0.25) is 5.91 Å². The number of amides is 1. The van der Waals surface area contributed by atoms with E-state index in [-0.39, 0.29) is 21.0 Å². The highest BCUT2D eigenvalue weighted by molar-refractivity contribution is 7.87. The van der Waals surface area contributed by atoms with Crippen LogP contribution >= 0.6 is 0 Å². The number of methoxy groups -OCH3 is 1. The number of anilines is 1. The lowest BCUT2D eigenvalue weighted by atomic mass is 10.1. The third-order valence-corrected chi connectivity index (χ3v) is 5.45. The summed E-state index contributed by atoms with van der Waals surface area (Å²) in [6.07, 6.45) is -2.74. The van der Waals surface area contributed by atoms with E-state index >= 15 is 0 Å². The second-order valence-electron chi connectivity index (χ2n) is 6.51. The molecule has 2 aromatic rings. The van der Waals surface area contributed by atoms with Gasteiger partial charge in [0.05, 0.1) is 12.1 Å². The normalized spacial score (nSPS) is 12.6. The predicted octanol–water partition coefficient (Wildman–Crippen LogP) is 2.47. The second kappa shape index (κ2) is 11.9. The molecule has 1 N–H and O–H groups in total. The van der Waals surface area contributed by atoms with Crippen LogP contribution in [0.5, 0.6) is 5.75 Å². The van der Waals surface area contributed by atoms with Crippen molar-refractivity contribution in [3.63, 3.8) is 0 Å². The van der Waals surface area contributed by atoms with Crippen LogP contribution in [0.3, 0.4) is 0 Å². The summed E-state index contributed by atoms with van der Waals surface area (Å²) in [6.45, 7) is 2.61. The van der Waals surface area contributed by atoms with Crippen molar-refractivity contribution in [3.05, 3.63) is 54.6 Å². The van der Waals surface area contributed by atoms with Crippen molar-refractivity contribution in [2.75, 3.05) is 12.4 Å². The van der Waals surface area contributed by atoms with Gasteiger partial charge in [-0.2, -0.15) is 8.42 Å². The number of ketones is 1. The number of hydrogen-bond acceptors (Lipinski definition) is 8. The standard InChI is InChI=1S/C21H23NO8S.FH/c1-14(23)18(29-21(25)15(2)28-3)13-20(24)22-17-11-7-8-12-19(17)31(26,27)30-16-9-5-4-6-10-16;/h4-12,15,18H,13H2,1-3H3,(H,22,24);1H. The molecular weight excluding hydrogens is 445 g/mol.